The second-order valence-corrected chi connectivity index (χ2v) is 7.07. The third-order valence-electron chi connectivity index (χ3n) is 3.98. The van der Waals surface area contributed by atoms with E-state index in [4.69, 9.17) is 5.73 Å². The van der Waals surface area contributed by atoms with Gasteiger partial charge in [0.25, 0.3) is 0 Å². The second kappa shape index (κ2) is 17.1. The van der Waals surface area contributed by atoms with Gasteiger partial charge in [0.1, 0.15) is 0 Å². The van der Waals surface area contributed by atoms with E-state index in [1.807, 2.05) is 6.92 Å². The molecule has 0 saturated heterocycles. The molecule has 0 aromatic heterocycles. The van der Waals surface area contributed by atoms with Gasteiger partial charge in [0.15, 0.2) is 0 Å². The van der Waals surface area contributed by atoms with E-state index in [-0.39, 0.29) is 18.3 Å². The molecule has 26 heavy (non-hydrogen) atoms. The summed E-state index contributed by atoms with van der Waals surface area (Å²) in [4.78, 5) is 11.6. The molecule has 0 aliphatic carbocycles. The van der Waals surface area contributed by atoms with Crippen molar-refractivity contribution in [2.45, 2.75) is 73.1 Å². The number of nitrogens with one attached hydrogen (secondary N) is 1. The lowest BCUT2D eigenvalue weighted by molar-refractivity contribution is -0.116. The zero-order chi connectivity index (χ0) is 19.1. The zero-order valence-corrected chi connectivity index (χ0v) is 18.2. The van der Waals surface area contributed by atoms with E-state index in [1.165, 1.54) is 16.7 Å². The van der Waals surface area contributed by atoms with Crippen LogP contribution < -0.4 is 11.1 Å². The van der Waals surface area contributed by atoms with Crippen LogP contribution in [0.4, 0.5) is 0 Å². The van der Waals surface area contributed by atoms with Crippen LogP contribution in [0.5, 0.6) is 0 Å². The second-order valence-electron chi connectivity index (χ2n) is 7.07. The predicted octanol–water partition coefficient (Wildman–Crippen LogP) is 5.63. The van der Waals surface area contributed by atoms with Gasteiger partial charge in [0.2, 0.25) is 5.91 Å². The number of hydrogen-bond donors (Lipinski definition) is 2. The van der Waals surface area contributed by atoms with Crippen LogP contribution in [-0.4, -0.2) is 19.0 Å². The van der Waals surface area contributed by atoms with E-state index < -0.39 is 0 Å². The average molecular weight is 383 g/mol. The Kier molecular flexibility index (Phi) is 17.7. The van der Waals surface area contributed by atoms with Crippen molar-refractivity contribution in [3.8, 4) is 0 Å². The third kappa shape index (κ3) is 17.5. The average Bonchev–Trinajstić information content (AvgIpc) is 2.52. The largest absolute Gasteiger partial charge is 0.351 e. The molecule has 0 fully saturated rings. The van der Waals surface area contributed by atoms with Crippen LogP contribution >= 0.6 is 12.4 Å². The Morgan fingerprint density at radius 3 is 1.73 bits per heavy atom. The van der Waals surface area contributed by atoms with Crippen molar-refractivity contribution in [1.29, 1.82) is 0 Å². The molecule has 0 bridgehead atoms. The molecule has 0 rings (SSSR count). The molecule has 3 nitrogen and oxygen atoms in total. The van der Waals surface area contributed by atoms with Gasteiger partial charge in [0.05, 0.1) is 0 Å². The maximum Gasteiger partial charge on any atom is 0.243 e. The van der Waals surface area contributed by atoms with Gasteiger partial charge < -0.3 is 11.1 Å². The normalized spacial score (nSPS) is 12.5. The van der Waals surface area contributed by atoms with Crippen LogP contribution in [-0.2, 0) is 4.79 Å². The van der Waals surface area contributed by atoms with Crippen LogP contribution in [0.1, 0.15) is 73.1 Å². The number of carbonyl (C=O) groups is 1. The van der Waals surface area contributed by atoms with Crippen molar-refractivity contribution in [2.24, 2.45) is 5.73 Å². The molecule has 0 aliphatic rings. The highest BCUT2D eigenvalue weighted by atomic mass is 35.5. The summed E-state index contributed by atoms with van der Waals surface area (Å²) in [7, 11) is 0. The Balaban J connectivity index is 0. The molecule has 0 unspecified atom stereocenters. The highest BCUT2D eigenvalue weighted by Gasteiger charge is 1.97. The summed E-state index contributed by atoms with van der Waals surface area (Å²) in [6.07, 6.45) is 15.1. The number of allylic oxidation sites excluding steroid dienone is 7. The first kappa shape index (κ1) is 26.9. The molecule has 3 N–H and O–H groups in total. The summed E-state index contributed by atoms with van der Waals surface area (Å²) < 4.78 is 0. The summed E-state index contributed by atoms with van der Waals surface area (Å²) in [6, 6.07) is 0. The van der Waals surface area contributed by atoms with Crippen molar-refractivity contribution >= 4 is 18.3 Å². The SMILES string of the molecule is CC(C)=CCCC(C)=CCCC(C)=CCCC(C)=CC(=O)NCCN.Cl. The third-order valence-corrected chi connectivity index (χ3v) is 3.98. The minimum absolute atomic E-state index is 0. The Hall–Kier alpha value is -1.32. The number of amides is 1. The fourth-order valence-corrected chi connectivity index (χ4v) is 2.43. The Bertz CT molecular complexity index is 512. The minimum Gasteiger partial charge on any atom is -0.351 e. The van der Waals surface area contributed by atoms with E-state index in [9.17, 15) is 4.79 Å². The quantitative estimate of drug-likeness (QED) is 0.339. The summed E-state index contributed by atoms with van der Waals surface area (Å²) in [6.45, 7) is 11.7. The number of halogens is 1. The molecule has 1 amide bonds. The van der Waals surface area contributed by atoms with Gasteiger partial charge in [-0.1, -0.05) is 40.5 Å². The highest BCUT2D eigenvalue weighted by Crippen LogP contribution is 2.13. The van der Waals surface area contributed by atoms with Crippen molar-refractivity contribution in [3.63, 3.8) is 0 Å². The number of carbonyl (C=O) groups excluding carboxylic acids is 1. The van der Waals surface area contributed by atoms with E-state index in [0.29, 0.717) is 13.1 Å². The van der Waals surface area contributed by atoms with Gasteiger partial charge in [-0.15, -0.1) is 12.4 Å². The van der Waals surface area contributed by atoms with Crippen LogP contribution in [0, 0.1) is 0 Å². The highest BCUT2D eigenvalue weighted by molar-refractivity contribution is 5.88. The van der Waals surface area contributed by atoms with Gasteiger partial charge in [-0.25, -0.2) is 0 Å². The molecule has 0 aromatic carbocycles. The summed E-state index contributed by atoms with van der Waals surface area (Å²) in [5, 5.41) is 2.76. The first-order chi connectivity index (χ1) is 11.8. The molecule has 0 aliphatic heterocycles. The van der Waals surface area contributed by atoms with Gasteiger partial charge >= 0.3 is 0 Å². The van der Waals surface area contributed by atoms with E-state index in [2.05, 4.69) is 51.2 Å². The van der Waals surface area contributed by atoms with Crippen molar-refractivity contribution < 1.29 is 4.79 Å². The molecular formula is C22H39ClN2O. The smallest absolute Gasteiger partial charge is 0.243 e. The molecule has 0 saturated carbocycles. The van der Waals surface area contributed by atoms with Crippen molar-refractivity contribution in [1.82, 2.24) is 5.32 Å². The van der Waals surface area contributed by atoms with Crippen LogP contribution in [0.3, 0.4) is 0 Å². The molecule has 0 radical (unpaired) electrons. The lowest BCUT2D eigenvalue weighted by Gasteiger charge is -2.03. The zero-order valence-electron chi connectivity index (χ0n) is 17.4. The molecule has 0 heterocycles. The van der Waals surface area contributed by atoms with Gasteiger partial charge in [-0.2, -0.15) is 0 Å². The summed E-state index contributed by atoms with van der Waals surface area (Å²) in [5.41, 5.74) is 10.8. The molecule has 4 heteroatoms. The molecule has 150 valence electrons. The van der Waals surface area contributed by atoms with Crippen LogP contribution in [0.2, 0.25) is 0 Å². The van der Waals surface area contributed by atoms with Crippen LogP contribution in [0.25, 0.3) is 0 Å². The van der Waals surface area contributed by atoms with E-state index in [0.717, 1.165) is 44.1 Å². The van der Waals surface area contributed by atoms with Gasteiger partial charge in [0, 0.05) is 19.2 Å². The minimum atomic E-state index is -0.0441. The molecular weight excluding hydrogens is 344 g/mol. The monoisotopic (exact) mass is 382 g/mol. The first-order valence-electron chi connectivity index (χ1n) is 9.44. The van der Waals surface area contributed by atoms with Gasteiger partial charge in [-0.3, -0.25) is 4.79 Å². The Morgan fingerprint density at radius 1 is 0.808 bits per heavy atom. The van der Waals surface area contributed by atoms with E-state index in [1.54, 1.807) is 6.08 Å². The van der Waals surface area contributed by atoms with Crippen molar-refractivity contribution in [2.75, 3.05) is 13.1 Å². The van der Waals surface area contributed by atoms with Gasteiger partial charge in [-0.05, 0) is 73.1 Å². The van der Waals surface area contributed by atoms with E-state index >= 15 is 0 Å². The summed E-state index contributed by atoms with van der Waals surface area (Å²) in [5.74, 6) is -0.0441. The maximum atomic E-state index is 11.6. The first-order valence-corrected chi connectivity index (χ1v) is 9.44. The Morgan fingerprint density at radius 2 is 1.27 bits per heavy atom. The number of hydrogen-bond acceptors (Lipinski definition) is 2. The lowest BCUT2D eigenvalue weighted by atomic mass is 10.0. The molecule has 0 spiro atoms. The number of rotatable bonds is 12. The lowest BCUT2D eigenvalue weighted by Crippen LogP contribution is -2.27. The maximum absolute atomic E-state index is 11.6. The number of nitrogens with two attached hydrogens (primary N) is 1. The summed E-state index contributed by atoms with van der Waals surface area (Å²) >= 11 is 0. The standard InChI is InChI=1S/C22H38N2O.ClH/c1-18(2)9-6-10-19(3)11-7-12-20(4)13-8-14-21(5)17-22(25)24-16-15-23;/h9,11,13,17H,6-8,10,12,14-16,23H2,1-5H3,(H,24,25);1H. The fraction of sp³-hybridized carbons (Fsp3) is 0.591. The topological polar surface area (TPSA) is 55.1 Å². The molecule has 0 aromatic rings. The Labute approximate surface area is 167 Å². The van der Waals surface area contributed by atoms with Crippen LogP contribution in [0.15, 0.2) is 46.6 Å². The van der Waals surface area contributed by atoms with Crippen molar-refractivity contribution in [3.05, 3.63) is 46.6 Å². The fourth-order valence-electron chi connectivity index (χ4n) is 2.43. The molecule has 0 atom stereocenters. The predicted molar refractivity (Wildman–Crippen MR) is 118 cm³/mol.